The number of hydrogen-bond acceptors (Lipinski definition) is 2. The van der Waals surface area contributed by atoms with Crippen LogP contribution in [0.15, 0.2) is 54.6 Å². The molecule has 24 heavy (non-hydrogen) atoms. The van der Waals surface area contributed by atoms with Crippen molar-refractivity contribution < 1.29 is 4.79 Å². The van der Waals surface area contributed by atoms with Crippen LogP contribution in [0.3, 0.4) is 0 Å². The fourth-order valence-corrected chi connectivity index (χ4v) is 3.11. The largest absolute Gasteiger partial charge is 0.349 e. The molecule has 3 rings (SSSR count). The van der Waals surface area contributed by atoms with Gasteiger partial charge in [-0.15, -0.1) is 12.4 Å². The minimum Gasteiger partial charge on any atom is -0.349 e. The number of carbonyl (C=O) groups is 1. The summed E-state index contributed by atoms with van der Waals surface area (Å²) >= 11 is 0. The Morgan fingerprint density at radius 1 is 0.958 bits per heavy atom. The molecule has 128 valence electrons. The number of piperidine rings is 1. The van der Waals surface area contributed by atoms with Crippen molar-refractivity contribution in [3.05, 3.63) is 71.3 Å². The Morgan fingerprint density at radius 2 is 1.62 bits per heavy atom. The predicted molar refractivity (Wildman–Crippen MR) is 101 cm³/mol. The summed E-state index contributed by atoms with van der Waals surface area (Å²) in [5.74, 6) is 0.0700. The molecule has 1 aliphatic heterocycles. The normalized spacial score (nSPS) is 14.7. The highest BCUT2D eigenvalue weighted by Crippen LogP contribution is 2.14. The fraction of sp³-hybridized carbons (Fsp3) is 0.350. The van der Waals surface area contributed by atoms with Crippen LogP contribution in [0.25, 0.3) is 0 Å². The van der Waals surface area contributed by atoms with Crippen molar-refractivity contribution in [1.29, 1.82) is 0 Å². The topological polar surface area (TPSA) is 41.1 Å². The van der Waals surface area contributed by atoms with Crippen molar-refractivity contribution in [2.24, 2.45) is 0 Å². The summed E-state index contributed by atoms with van der Waals surface area (Å²) in [5, 5.41) is 6.52. The van der Waals surface area contributed by atoms with Gasteiger partial charge in [0.05, 0.1) is 0 Å². The highest BCUT2D eigenvalue weighted by atomic mass is 35.5. The molecule has 3 nitrogen and oxygen atoms in total. The molecule has 0 spiro atoms. The molecule has 0 atom stereocenters. The molecule has 4 heteroatoms. The van der Waals surface area contributed by atoms with Gasteiger partial charge in [0.1, 0.15) is 0 Å². The Labute approximate surface area is 150 Å². The molecule has 0 bridgehead atoms. The maximum atomic E-state index is 12.6. The molecule has 0 aromatic heterocycles. The SMILES string of the molecule is Cl.O=C(NC1CCNCC1)c1ccccc1CCc1ccccc1. The van der Waals surface area contributed by atoms with E-state index in [1.165, 1.54) is 5.56 Å². The van der Waals surface area contributed by atoms with Crippen LogP contribution in [0.4, 0.5) is 0 Å². The Hall–Kier alpha value is -1.84. The van der Waals surface area contributed by atoms with Crippen molar-refractivity contribution in [1.82, 2.24) is 10.6 Å². The molecule has 2 N–H and O–H groups in total. The third-order valence-electron chi connectivity index (χ3n) is 4.46. The van der Waals surface area contributed by atoms with Gasteiger partial charge in [0.15, 0.2) is 0 Å². The van der Waals surface area contributed by atoms with E-state index in [2.05, 4.69) is 41.0 Å². The maximum Gasteiger partial charge on any atom is 0.251 e. The van der Waals surface area contributed by atoms with E-state index in [4.69, 9.17) is 0 Å². The highest BCUT2D eigenvalue weighted by Gasteiger charge is 2.18. The summed E-state index contributed by atoms with van der Waals surface area (Å²) in [6.07, 6.45) is 3.87. The zero-order valence-electron chi connectivity index (χ0n) is 13.8. The van der Waals surface area contributed by atoms with Gasteiger partial charge in [-0.2, -0.15) is 0 Å². The smallest absolute Gasteiger partial charge is 0.251 e. The molecule has 0 saturated carbocycles. The number of amides is 1. The van der Waals surface area contributed by atoms with E-state index in [1.54, 1.807) is 0 Å². The van der Waals surface area contributed by atoms with Crippen molar-refractivity contribution in [2.45, 2.75) is 31.7 Å². The molecule has 1 aliphatic rings. The molecule has 1 saturated heterocycles. The first-order valence-corrected chi connectivity index (χ1v) is 8.46. The number of aryl methyl sites for hydroxylation is 2. The quantitative estimate of drug-likeness (QED) is 0.873. The van der Waals surface area contributed by atoms with Gasteiger partial charge in [-0.05, 0) is 56.0 Å². The average Bonchev–Trinajstić information content (AvgIpc) is 2.62. The molecule has 1 fully saturated rings. The summed E-state index contributed by atoms with van der Waals surface area (Å²) in [6, 6.07) is 18.7. The summed E-state index contributed by atoms with van der Waals surface area (Å²) < 4.78 is 0. The van der Waals surface area contributed by atoms with Crippen LogP contribution in [0.2, 0.25) is 0 Å². The van der Waals surface area contributed by atoms with Crippen LogP contribution in [0.1, 0.15) is 34.3 Å². The van der Waals surface area contributed by atoms with Crippen LogP contribution in [-0.4, -0.2) is 25.0 Å². The lowest BCUT2D eigenvalue weighted by atomic mass is 9.98. The minimum absolute atomic E-state index is 0. The number of carbonyl (C=O) groups excluding carboxylic acids is 1. The van der Waals surface area contributed by atoms with Gasteiger partial charge in [0.2, 0.25) is 0 Å². The van der Waals surface area contributed by atoms with E-state index in [-0.39, 0.29) is 18.3 Å². The third-order valence-corrected chi connectivity index (χ3v) is 4.46. The molecular formula is C20H25ClN2O. The van der Waals surface area contributed by atoms with Gasteiger partial charge in [-0.3, -0.25) is 4.79 Å². The molecule has 2 aromatic rings. The Morgan fingerprint density at radius 3 is 2.38 bits per heavy atom. The molecule has 1 amide bonds. The van der Waals surface area contributed by atoms with E-state index in [1.807, 2.05) is 24.3 Å². The third kappa shape index (κ3) is 5.08. The highest BCUT2D eigenvalue weighted by molar-refractivity contribution is 5.95. The Bertz CT molecular complexity index is 639. The van der Waals surface area contributed by atoms with Crippen molar-refractivity contribution in [3.8, 4) is 0 Å². The van der Waals surface area contributed by atoms with E-state index < -0.39 is 0 Å². The lowest BCUT2D eigenvalue weighted by molar-refractivity contribution is 0.0928. The summed E-state index contributed by atoms with van der Waals surface area (Å²) in [4.78, 5) is 12.6. The molecular weight excluding hydrogens is 320 g/mol. The molecule has 0 radical (unpaired) electrons. The van der Waals surface area contributed by atoms with Gasteiger partial charge in [-0.25, -0.2) is 0 Å². The van der Waals surface area contributed by atoms with E-state index in [0.717, 1.165) is 49.9 Å². The fourth-order valence-electron chi connectivity index (χ4n) is 3.11. The van der Waals surface area contributed by atoms with E-state index in [0.29, 0.717) is 6.04 Å². The second-order valence-electron chi connectivity index (χ2n) is 6.14. The maximum absolute atomic E-state index is 12.6. The van der Waals surface area contributed by atoms with Gasteiger partial charge in [-0.1, -0.05) is 48.5 Å². The van der Waals surface area contributed by atoms with Crippen LogP contribution < -0.4 is 10.6 Å². The molecule has 0 unspecified atom stereocenters. The average molecular weight is 345 g/mol. The minimum atomic E-state index is 0. The first kappa shape index (κ1) is 18.5. The Kier molecular flexibility index (Phi) is 7.29. The number of nitrogens with one attached hydrogen (secondary N) is 2. The van der Waals surface area contributed by atoms with Crippen LogP contribution in [0.5, 0.6) is 0 Å². The molecule has 0 aliphatic carbocycles. The second-order valence-corrected chi connectivity index (χ2v) is 6.14. The van der Waals surface area contributed by atoms with E-state index in [9.17, 15) is 4.79 Å². The standard InChI is InChI=1S/C20H24N2O.ClH/c23-20(22-18-12-14-21-15-13-18)19-9-5-4-8-17(19)11-10-16-6-2-1-3-7-16;/h1-9,18,21H,10-15H2,(H,22,23);1H. The van der Waals surface area contributed by atoms with Gasteiger partial charge in [0, 0.05) is 11.6 Å². The summed E-state index contributed by atoms with van der Waals surface area (Å²) in [6.45, 7) is 1.97. The van der Waals surface area contributed by atoms with Crippen molar-refractivity contribution in [2.75, 3.05) is 13.1 Å². The van der Waals surface area contributed by atoms with Crippen molar-refractivity contribution >= 4 is 18.3 Å². The second kappa shape index (κ2) is 9.45. The first-order chi connectivity index (χ1) is 11.3. The van der Waals surface area contributed by atoms with Crippen LogP contribution in [0, 0.1) is 0 Å². The molecule has 1 heterocycles. The Balaban J connectivity index is 0.00000208. The predicted octanol–water partition coefficient (Wildman–Crippen LogP) is 3.38. The number of hydrogen-bond donors (Lipinski definition) is 2. The lowest BCUT2D eigenvalue weighted by Gasteiger charge is -2.24. The summed E-state index contributed by atoms with van der Waals surface area (Å²) in [7, 11) is 0. The van der Waals surface area contributed by atoms with Gasteiger partial charge in [0.25, 0.3) is 5.91 Å². The van der Waals surface area contributed by atoms with Crippen LogP contribution in [-0.2, 0) is 12.8 Å². The monoisotopic (exact) mass is 344 g/mol. The van der Waals surface area contributed by atoms with Crippen LogP contribution >= 0.6 is 12.4 Å². The van der Waals surface area contributed by atoms with Gasteiger partial charge >= 0.3 is 0 Å². The number of rotatable bonds is 5. The summed E-state index contributed by atoms with van der Waals surface area (Å²) in [5.41, 5.74) is 3.26. The van der Waals surface area contributed by atoms with Gasteiger partial charge < -0.3 is 10.6 Å². The lowest BCUT2D eigenvalue weighted by Crippen LogP contribution is -2.42. The molecule has 2 aromatic carbocycles. The zero-order valence-corrected chi connectivity index (χ0v) is 14.6. The number of halogens is 1. The first-order valence-electron chi connectivity index (χ1n) is 8.46. The van der Waals surface area contributed by atoms with Crippen molar-refractivity contribution in [3.63, 3.8) is 0 Å². The number of benzene rings is 2. The zero-order chi connectivity index (χ0) is 15.9. The van der Waals surface area contributed by atoms with E-state index >= 15 is 0 Å².